The number of rotatable bonds is 4. The maximum atomic E-state index is 12.6. The van der Waals surface area contributed by atoms with Crippen LogP contribution in [0.1, 0.15) is 26.2 Å². The van der Waals surface area contributed by atoms with Crippen LogP contribution in [0.4, 0.5) is 13.2 Å². The van der Waals surface area contributed by atoms with Gasteiger partial charge in [0.15, 0.2) is 0 Å². The molecule has 1 saturated heterocycles. The van der Waals surface area contributed by atoms with E-state index in [0.29, 0.717) is 31.5 Å². The Morgan fingerprint density at radius 1 is 1.47 bits per heavy atom. The van der Waals surface area contributed by atoms with Crippen molar-refractivity contribution in [2.24, 2.45) is 5.92 Å². The molecule has 110 valence electrons. The van der Waals surface area contributed by atoms with Crippen LogP contribution >= 0.6 is 0 Å². The molecule has 0 aliphatic carbocycles. The van der Waals surface area contributed by atoms with Gasteiger partial charge in [0.25, 0.3) is 0 Å². The molecule has 6 heteroatoms. The van der Waals surface area contributed by atoms with Crippen LogP contribution in [-0.4, -0.2) is 43.8 Å². The molecule has 1 unspecified atom stereocenters. The number of methoxy groups -OCH3 is 1. The predicted molar refractivity (Wildman–Crippen MR) is 65.6 cm³/mol. The van der Waals surface area contributed by atoms with Gasteiger partial charge in [0.05, 0.1) is 13.0 Å². The van der Waals surface area contributed by atoms with Crippen LogP contribution in [0.25, 0.3) is 0 Å². The first-order chi connectivity index (χ1) is 8.88. The summed E-state index contributed by atoms with van der Waals surface area (Å²) in [4.78, 5) is 13.1. The summed E-state index contributed by atoms with van der Waals surface area (Å²) in [6.07, 6.45) is -1.20. The van der Waals surface area contributed by atoms with Gasteiger partial charge < -0.3 is 4.74 Å². The highest BCUT2D eigenvalue weighted by molar-refractivity contribution is 5.88. The first-order valence-electron chi connectivity index (χ1n) is 6.44. The standard InChI is InChI=1S/C13H20F3NO2/c1-3-10(12(18)19-2)6-8-17-7-4-5-11(9-17)13(14,15)16/h6,11H,3-5,7-9H2,1-2H3. The summed E-state index contributed by atoms with van der Waals surface area (Å²) >= 11 is 0. The van der Waals surface area contributed by atoms with Crippen molar-refractivity contribution >= 4 is 5.97 Å². The Kier molecular flexibility index (Phi) is 5.85. The number of hydrogen-bond donors (Lipinski definition) is 0. The second kappa shape index (κ2) is 6.93. The number of carbonyl (C=O) groups is 1. The molecule has 3 nitrogen and oxygen atoms in total. The van der Waals surface area contributed by atoms with Gasteiger partial charge in [-0.15, -0.1) is 0 Å². The molecule has 0 saturated carbocycles. The third kappa shape index (κ3) is 4.86. The van der Waals surface area contributed by atoms with E-state index in [4.69, 9.17) is 0 Å². The van der Waals surface area contributed by atoms with Gasteiger partial charge in [0.2, 0.25) is 0 Å². The number of alkyl halides is 3. The number of ether oxygens (including phenoxy) is 1. The van der Waals surface area contributed by atoms with E-state index in [1.165, 1.54) is 7.11 Å². The molecule has 0 radical (unpaired) electrons. The number of halogens is 3. The Morgan fingerprint density at radius 3 is 2.68 bits per heavy atom. The molecule has 1 atom stereocenters. The summed E-state index contributed by atoms with van der Waals surface area (Å²) in [5.74, 6) is -1.66. The van der Waals surface area contributed by atoms with Crippen molar-refractivity contribution in [1.82, 2.24) is 4.90 Å². The second-order valence-corrected chi connectivity index (χ2v) is 4.71. The van der Waals surface area contributed by atoms with Crippen LogP contribution in [-0.2, 0) is 9.53 Å². The molecule has 1 rings (SSSR count). The van der Waals surface area contributed by atoms with Crippen LogP contribution in [0.5, 0.6) is 0 Å². The number of nitrogens with zero attached hydrogens (tertiary/aromatic N) is 1. The third-order valence-corrected chi connectivity index (χ3v) is 3.39. The van der Waals surface area contributed by atoms with Crippen molar-refractivity contribution in [3.63, 3.8) is 0 Å². The topological polar surface area (TPSA) is 29.5 Å². The summed E-state index contributed by atoms with van der Waals surface area (Å²) in [5, 5.41) is 0. The smallest absolute Gasteiger partial charge is 0.393 e. The predicted octanol–water partition coefficient (Wildman–Crippen LogP) is 2.77. The fraction of sp³-hybridized carbons (Fsp3) is 0.769. The second-order valence-electron chi connectivity index (χ2n) is 4.71. The highest BCUT2D eigenvalue weighted by Gasteiger charge is 2.41. The van der Waals surface area contributed by atoms with E-state index in [1.807, 2.05) is 6.92 Å². The van der Waals surface area contributed by atoms with Crippen LogP contribution in [0.15, 0.2) is 11.6 Å². The van der Waals surface area contributed by atoms with Crippen molar-refractivity contribution in [3.8, 4) is 0 Å². The van der Waals surface area contributed by atoms with Crippen LogP contribution in [0, 0.1) is 5.92 Å². The number of hydrogen-bond acceptors (Lipinski definition) is 3. The van der Waals surface area contributed by atoms with Crippen molar-refractivity contribution in [2.45, 2.75) is 32.4 Å². The number of esters is 1. The normalized spacial score (nSPS) is 22.4. The minimum Gasteiger partial charge on any atom is -0.466 e. The molecule has 0 aromatic heterocycles. The molecule has 0 aromatic carbocycles. The van der Waals surface area contributed by atoms with Gasteiger partial charge in [-0.1, -0.05) is 13.0 Å². The lowest BCUT2D eigenvalue weighted by atomic mass is 9.97. The lowest BCUT2D eigenvalue weighted by molar-refractivity contribution is -0.186. The van der Waals surface area contributed by atoms with Gasteiger partial charge in [0, 0.05) is 18.7 Å². The molecule has 0 N–H and O–H groups in total. The van der Waals surface area contributed by atoms with Crippen LogP contribution in [0.2, 0.25) is 0 Å². The zero-order valence-corrected chi connectivity index (χ0v) is 11.3. The lowest BCUT2D eigenvalue weighted by Crippen LogP contribution is -2.41. The van der Waals surface area contributed by atoms with Crippen molar-refractivity contribution in [2.75, 3.05) is 26.7 Å². The highest BCUT2D eigenvalue weighted by atomic mass is 19.4. The minimum absolute atomic E-state index is 0.0121. The van der Waals surface area contributed by atoms with E-state index in [-0.39, 0.29) is 13.0 Å². The first-order valence-corrected chi connectivity index (χ1v) is 6.44. The Morgan fingerprint density at radius 2 is 2.16 bits per heavy atom. The van der Waals surface area contributed by atoms with Gasteiger partial charge in [-0.05, 0) is 25.8 Å². The Balaban J connectivity index is 2.57. The van der Waals surface area contributed by atoms with E-state index in [9.17, 15) is 18.0 Å². The van der Waals surface area contributed by atoms with E-state index < -0.39 is 18.1 Å². The average molecular weight is 279 g/mol. The summed E-state index contributed by atoms with van der Waals surface area (Å²) in [6.45, 7) is 2.84. The minimum atomic E-state index is -4.13. The zero-order chi connectivity index (χ0) is 14.5. The molecular formula is C13H20F3NO2. The number of likely N-dealkylation sites (tertiary alicyclic amines) is 1. The summed E-state index contributed by atoms with van der Waals surface area (Å²) < 4.78 is 42.6. The molecule has 0 bridgehead atoms. The average Bonchev–Trinajstić information content (AvgIpc) is 2.38. The summed E-state index contributed by atoms with van der Waals surface area (Å²) in [5.41, 5.74) is 0.511. The van der Waals surface area contributed by atoms with Crippen molar-refractivity contribution in [1.29, 1.82) is 0 Å². The van der Waals surface area contributed by atoms with E-state index in [2.05, 4.69) is 4.74 Å². The maximum Gasteiger partial charge on any atom is 0.393 e. The molecule has 1 aliphatic heterocycles. The fourth-order valence-electron chi connectivity index (χ4n) is 2.23. The Labute approximate surface area is 111 Å². The highest BCUT2D eigenvalue weighted by Crippen LogP contribution is 2.33. The molecule has 1 aliphatic rings. The quantitative estimate of drug-likeness (QED) is 0.585. The van der Waals surface area contributed by atoms with Gasteiger partial charge in [0.1, 0.15) is 0 Å². The van der Waals surface area contributed by atoms with E-state index >= 15 is 0 Å². The number of carbonyl (C=O) groups excluding carboxylic acids is 1. The largest absolute Gasteiger partial charge is 0.466 e. The Hall–Kier alpha value is -1.04. The maximum absolute atomic E-state index is 12.6. The molecular weight excluding hydrogens is 259 g/mol. The molecule has 1 fully saturated rings. The van der Waals surface area contributed by atoms with Gasteiger partial charge in [-0.3, -0.25) is 4.90 Å². The monoisotopic (exact) mass is 279 g/mol. The van der Waals surface area contributed by atoms with E-state index in [0.717, 1.165) is 0 Å². The van der Waals surface area contributed by atoms with Gasteiger partial charge in [-0.2, -0.15) is 13.2 Å². The molecule has 0 aromatic rings. The number of piperidine rings is 1. The zero-order valence-electron chi connectivity index (χ0n) is 11.3. The van der Waals surface area contributed by atoms with Gasteiger partial charge in [-0.25, -0.2) is 4.79 Å². The third-order valence-electron chi connectivity index (χ3n) is 3.39. The van der Waals surface area contributed by atoms with Crippen molar-refractivity contribution in [3.05, 3.63) is 11.6 Å². The Bertz CT molecular complexity index is 339. The van der Waals surface area contributed by atoms with Gasteiger partial charge >= 0.3 is 12.1 Å². The molecule has 19 heavy (non-hydrogen) atoms. The fourth-order valence-corrected chi connectivity index (χ4v) is 2.23. The summed E-state index contributed by atoms with van der Waals surface area (Å²) in [6, 6.07) is 0. The SMILES string of the molecule is CCC(=CCN1CCCC(C(F)(F)F)C1)C(=O)OC. The van der Waals surface area contributed by atoms with Crippen molar-refractivity contribution < 1.29 is 22.7 Å². The molecule has 1 heterocycles. The van der Waals surface area contributed by atoms with Crippen LogP contribution in [0.3, 0.4) is 0 Å². The molecule has 0 amide bonds. The molecule has 0 spiro atoms. The first kappa shape index (κ1) is 16.0. The van der Waals surface area contributed by atoms with E-state index in [1.54, 1.807) is 11.0 Å². The lowest BCUT2D eigenvalue weighted by Gasteiger charge is -2.33. The van der Waals surface area contributed by atoms with Crippen LogP contribution < -0.4 is 0 Å². The summed E-state index contributed by atoms with van der Waals surface area (Å²) in [7, 11) is 1.30.